The lowest BCUT2D eigenvalue weighted by molar-refractivity contribution is -0.156. The standard InChI is InChI=1S/C17H21NO4.ClH/c1-18-12-8-9-13(18)15(17(20)21-2)14(10-12)22-16(19)11-6-4-3-5-7-11;/h3-7,12-15H,8-10H2,1-2H3;1H/t12-,13+,14-,15-;/m0./s1. The summed E-state index contributed by atoms with van der Waals surface area (Å²) in [6, 6.07) is 9.36. The Kier molecular flexibility index (Phi) is 5.65. The minimum atomic E-state index is -0.408. The Bertz CT molecular complexity index is 565. The van der Waals surface area contributed by atoms with Gasteiger partial charge in [-0.3, -0.25) is 9.69 Å². The van der Waals surface area contributed by atoms with E-state index in [0.717, 1.165) is 12.8 Å². The van der Waals surface area contributed by atoms with Gasteiger partial charge in [0.05, 0.1) is 12.7 Å². The molecule has 0 aliphatic carbocycles. The third-order valence-corrected chi connectivity index (χ3v) is 4.96. The summed E-state index contributed by atoms with van der Waals surface area (Å²) < 4.78 is 10.6. The summed E-state index contributed by atoms with van der Waals surface area (Å²) in [5.74, 6) is -1.06. The Morgan fingerprint density at radius 2 is 1.87 bits per heavy atom. The highest BCUT2D eigenvalue weighted by molar-refractivity contribution is 5.89. The van der Waals surface area contributed by atoms with E-state index in [9.17, 15) is 9.59 Å². The molecule has 2 fully saturated rings. The van der Waals surface area contributed by atoms with Gasteiger partial charge in [0.1, 0.15) is 12.0 Å². The first kappa shape index (κ1) is 17.8. The van der Waals surface area contributed by atoms with E-state index in [-0.39, 0.29) is 30.4 Å². The molecule has 5 nitrogen and oxygen atoms in total. The monoisotopic (exact) mass is 339 g/mol. The number of fused-ring (bicyclic) bond motifs is 2. The fourth-order valence-electron chi connectivity index (χ4n) is 3.77. The van der Waals surface area contributed by atoms with Gasteiger partial charge in [-0.05, 0) is 32.0 Å². The van der Waals surface area contributed by atoms with Crippen molar-refractivity contribution >= 4 is 24.3 Å². The molecule has 0 aromatic heterocycles. The Morgan fingerprint density at radius 1 is 1.17 bits per heavy atom. The molecular weight excluding hydrogens is 318 g/mol. The van der Waals surface area contributed by atoms with Crippen molar-refractivity contribution in [2.45, 2.75) is 37.5 Å². The predicted molar refractivity (Wildman–Crippen MR) is 87.6 cm³/mol. The van der Waals surface area contributed by atoms with Crippen LogP contribution in [0.2, 0.25) is 0 Å². The van der Waals surface area contributed by atoms with Crippen molar-refractivity contribution in [2.75, 3.05) is 14.2 Å². The van der Waals surface area contributed by atoms with E-state index in [1.165, 1.54) is 7.11 Å². The maximum Gasteiger partial charge on any atom is 0.338 e. The van der Waals surface area contributed by atoms with E-state index in [0.29, 0.717) is 18.0 Å². The number of carbonyl (C=O) groups is 2. The first-order chi connectivity index (χ1) is 10.6. The Labute approximate surface area is 142 Å². The topological polar surface area (TPSA) is 55.8 Å². The van der Waals surface area contributed by atoms with Crippen LogP contribution < -0.4 is 0 Å². The maximum atomic E-state index is 12.3. The lowest BCUT2D eigenvalue weighted by Crippen LogP contribution is -2.53. The quantitative estimate of drug-likeness (QED) is 0.791. The van der Waals surface area contributed by atoms with Gasteiger partial charge >= 0.3 is 11.9 Å². The molecule has 6 heteroatoms. The van der Waals surface area contributed by atoms with E-state index < -0.39 is 12.0 Å². The number of halogens is 1. The van der Waals surface area contributed by atoms with Gasteiger partial charge in [-0.2, -0.15) is 0 Å². The van der Waals surface area contributed by atoms with Crippen molar-refractivity contribution < 1.29 is 19.1 Å². The number of methoxy groups -OCH3 is 1. The minimum absolute atomic E-state index is 0. The van der Waals surface area contributed by atoms with Crippen molar-refractivity contribution in [3.05, 3.63) is 35.9 Å². The van der Waals surface area contributed by atoms with Gasteiger partial charge in [-0.25, -0.2) is 4.79 Å². The number of hydrogen-bond acceptors (Lipinski definition) is 5. The van der Waals surface area contributed by atoms with Gasteiger partial charge in [-0.1, -0.05) is 18.2 Å². The molecule has 2 saturated heterocycles. The van der Waals surface area contributed by atoms with Gasteiger partial charge in [0.2, 0.25) is 0 Å². The zero-order valence-electron chi connectivity index (χ0n) is 13.3. The molecule has 2 aliphatic heterocycles. The Balaban J connectivity index is 0.00000192. The molecule has 2 aliphatic rings. The van der Waals surface area contributed by atoms with Crippen LogP contribution in [0.4, 0.5) is 0 Å². The van der Waals surface area contributed by atoms with Gasteiger partial charge in [0, 0.05) is 18.5 Å². The van der Waals surface area contributed by atoms with Crippen LogP contribution in [-0.4, -0.2) is 49.2 Å². The second-order valence-corrected chi connectivity index (χ2v) is 6.06. The average Bonchev–Trinajstić information content (AvgIpc) is 2.78. The number of carbonyl (C=O) groups excluding carboxylic acids is 2. The lowest BCUT2D eigenvalue weighted by atomic mass is 9.87. The molecule has 4 atom stereocenters. The lowest BCUT2D eigenvalue weighted by Gasteiger charge is -2.40. The average molecular weight is 340 g/mol. The molecule has 1 aromatic rings. The summed E-state index contributed by atoms with van der Waals surface area (Å²) in [6.07, 6.45) is 2.26. The third-order valence-electron chi connectivity index (χ3n) is 4.96. The number of nitrogens with zero attached hydrogens (tertiary/aromatic N) is 1. The van der Waals surface area contributed by atoms with Crippen molar-refractivity contribution in [1.82, 2.24) is 4.90 Å². The fraction of sp³-hybridized carbons (Fsp3) is 0.529. The Hall–Kier alpha value is -1.59. The van der Waals surface area contributed by atoms with Crippen LogP contribution in [0.5, 0.6) is 0 Å². The van der Waals surface area contributed by atoms with Crippen LogP contribution in [0.3, 0.4) is 0 Å². The van der Waals surface area contributed by atoms with Crippen LogP contribution in [0, 0.1) is 5.92 Å². The van der Waals surface area contributed by atoms with Crippen molar-refractivity contribution in [3.8, 4) is 0 Å². The molecule has 1 aromatic carbocycles. The molecule has 0 radical (unpaired) electrons. The SMILES string of the molecule is COC(=O)[C@@H]1[C@@H](OC(=O)c2ccccc2)C[C@@H]2CC[C@H]1N2C.Cl. The summed E-state index contributed by atoms with van der Waals surface area (Å²) in [5, 5.41) is 0. The van der Waals surface area contributed by atoms with Crippen LogP contribution in [0.15, 0.2) is 30.3 Å². The molecular formula is C17H22ClNO4. The van der Waals surface area contributed by atoms with E-state index in [1.54, 1.807) is 24.3 Å². The second kappa shape index (κ2) is 7.32. The molecule has 0 N–H and O–H groups in total. The number of piperidine rings is 1. The smallest absolute Gasteiger partial charge is 0.338 e. The number of benzene rings is 1. The van der Waals surface area contributed by atoms with E-state index in [2.05, 4.69) is 4.90 Å². The number of rotatable bonds is 3. The van der Waals surface area contributed by atoms with Gasteiger partial charge in [0.15, 0.2) is 0 Å². The predicted octanol–water partition coefficient (Wildman–Crippen LogP) is 2.29. The van der Waals surface area contributed by atoms with Crippen LogP contribution >= 0.6 is 12.4 Å². The fourth-order valence-corrected chi connectivity index (χ4v) is 3.77. The number of esters is 2. The molecule has 3 rings (SSSR count). The molecule has 2 bridgehead atoms. The van der Waals surface area contributed by atoms with Gasteiger partial charge in [0.25, 0.3) is 0 Å². The van der Waals surface area contributed by atoms with Crippen molar-refractivity contribution in [1.29, 1.82) is 0 Å². The highest BCUT2D eigenvalue weighted by atomic mass is 35.5. The number of hydrogen-bond donors (Lipinski definition) is 0. The summed E-state index contributed by atoms with van der Waals surface area (Å²) in [7, 11) is 3.42. The van der Waals surface area contributed by atoms with Gasteiger partial charge in [-0.15, -0.1) is 12.4 Å². The highest BCUT2D eigenvalue weighted by Gasteiger charge is 2.50. The van der Waals surface area contributed by atoms with Crippen molar-refractivity contribution in [3.63, 3.8) is 0 Å². The van der Waals surface area contributed by atoms with Crippen LogP contribution in [-0.2, 0) is 14.3 Å². The second-order valence-electron chi connectivity index (χ2n) is 6.06. The first-order valence-electron chi connectivity index (χ1n) is 7.67. The summed E-state index contributed by atoms with van der Waals surface area (Å²) in [4.78, 5) is 26.7. The normalized spacial score (nSPS) is 29.5. The summed E-state index contributed by atoms with van der Waals surface area (Å²) >= 11 is 0. The van der Waals surface area contributed by atoms with Crippen LogP contribution in [0.1, 0.15) is 29.6 Å². The molecule has 23 heavy (non-hydrogen) atoms. The molecule has 0 saturated carbocycles. The Morgan fingerprint density at radius 3 is 2.52 bits per heavy atom. The number of ether oxygens (including phenoxy) is 2. The summed E-state index contributed by atoms with van der Waals surface area (Å²) in [5.41, 5.74) is 0.511. The van der Waals surface area contributed by atoms with Crippen LogP contribution in [0.25, 0.3) is 0 Å². The van der Waals surface area contributed by atoms with Crippen molar-refractivity contribution in [2.24, 2.45) is 5.92 Å². The third kappa shape index (κ3) is 3.35. The largest absolute Gasteiger partial charge is 0.469 e. The summed E-state index contributed by atoms with van der Waals surface area (Å²) in [6.45, 7) is 0. The molecule has 2 heterocycles. The van der Waals surface area contributed by atoms with E-state index in [4.69, 9.17) is 9.47 Å². The molecule has 0 amide bonds. The molecule has 0 unspecified atom stereocenters. The zero-order chi connectivity index (χ0) is 15.7. The van der Waals surface area contributed by atoms with E-state index in [1.807, 2.05) is 13.1 Å². The van der Waals surface area contributed by atoms with Gasteiger partial charge < -0.3 is 9.47 Å². The minimum Gasteiger partial charge on any atom is -0.469 e. The molecule has 0 spiro atoms. The first-order valence-corrected chi connectivity index (χ1v) is 7.67. The maximum absolute atomic E-state index is 12.3. The van der Waals surface area contributed by atoms with E-state index >= 15 is 0 Å². The highest BCUT2D eigenvalue weighted by Crippen LogP contribution is 2.40. The zero-order valence-corrected chi connectivity index (χ0v) is 14.1. The molecule has 126 valence electrons.